The minimum atomic E-state index is -4.39. The summed E-state index contributed by atoms with van der Waals surface area (Å²) in [6, 6.07) is 16.1. The summed E-state index contributed by atoms with van der Waals surface area (Å²) in [4.78, 5) is 2.16. The third kappa shape index (κ3) is 3.17. The molecule has 0 aliphatic carbocycles. The van der Waals surface area contributed by atoms with E-state index in [1.54, 1.807) is 6.07 Å². The summed E-state index contributed by atoms with van der Waals surface area (Å²) >= 11 is 0. The van der Waals surface area contributed by atoms with Crippen molar-refractivity contribution in [3.8, 4) is 0 Å². The molecule has 2 aromatic carbocycles. The van der Waals surface area contributed by atoms with Crippen molar-refractivity contribution in [2.24, 2.45) is 0 Å². The number of fused-ring (bicyclic) bond motifs is 1. The Hall–Kier alpha value is -2.47. The molecule has 4 rings (SSSR count). The lowest BCUT2D eigenvalue weighted by Gasteiger charge is -2.30. The quantitative estimate of drug-likeness (QED) is 0.759. The van der Waals surface area contributed by atoms with Gasteiger partial charge in [-0.3, -0.25) is 0 Å². The number of alkyl halides is 3. The molecule has 2 heterocycles. The molecule has 3 nitrogen and oxygen atoms in total. The van der Waals surface area contributed by atoms with Gasteiger partial charge < -0.3 is 14.8 Å². The molecule has 0 bridgehead atoms. The van der Waals surface area contributed by atoms with E-state index in [0.717, 1.165) is 37.4 Å². The second-order valence-corrected chi connectivity index (χ2v) is 6.55. The van der Waals surface area contributed by atoms with Crippen LogP contribution in [0.25, 0.3) is 10.9 Å². The van der Waals surface area contributed by atoms with Crippen LogP contribution in [0, 0.1) is 0 Å². The molecule has 1 N–H and O–H groups in total. The first kappa shape index (κ1) is 17.0. The molecule has 6 heteroatoms. The maximum Gasteiger partial charge on any atom is 0.431 e. The van der Waals surface area contributed by atoms with E-state index in [1.165, 1.54) is 10.6 Å². The highest BCUT2D eigenvalue weighted by atomic mass is 19.4. The fraction of sp³-hybridized carbons (Fsp3) is 0.300. The molecule has 0 atom stereocenters. The summed E-state index contributed by atoms with van der Waals surface area (Å²) in [6.45, 7) is 3.47. The molecule has 1 saturated heterocycles. The maximum atomic E-state index is 13.7. The molecule has 136 valence electrons. The third-order valence-electron chi connectivity index (χ3n) is 4.85. The van der Waals surface area contributed by atoms with Gasteiger partial charge in [-0.15, -0.1) is 0 Å². The largest absolute Gasteiger partial charge is 0.431 e. The maximum absolute atomic E-state index is 13.7. The number of nitrogens with zero attached hydrogens (tertiary/aromatic N) is 2. The second kappa shape index (κ2) is 6.68. The van der Waals surface area contributed by atoms with Gasteiger partial charge >= 0.3 is 6.18 Å². The van der Waals surface area contributed by atoms with Crippen LogP contribution in [0.15, 0.2) is 54.6 Å². The summed E-state index contributed by atoms with van der Waals surface area (Å²) in [5.74, 6) is 0. The van der Waals surface area contributed by atoms with Gasteiger partial charge in [0, 0.05) is 43.8 Å². The van der Waals surface area contributed by atoms with Crippen LogP contribution >= 0.6 is 0 Å². The Labute approximate surface area is 150 Å². The molecule has 26 heavy (non-hydrogen) atoms. The summed E-state index contributed by atoms with van der Waals surface area (Å²) in [5.41, 5.74) is 1.75. The van der Waals surface area contributed by atoms with E-state index in [1.807, 2.05) is 42.5 Å². The van der Waals surface area contributed by atoms with Crippen molar-refractivity contribution in [3.05, 3.63) is 65.9 Å². The Morgan fingerprint density at radius 2 is 1.65 bits per heavy atom. The molecule has 1 aliphatic rings. The van der Waals surface area contributed by atoms with Crippen LogP contribution in [-0.2, 0) is 12.7 Å². The van der Waals surface area contributed by atoms with Crippen LogP contribution in [0.5, 0.6) is 0 Å². The number of rotatable bonds is 3. The molecule has 3 aromatic rings. The molecule has 0 saturated carbocycles. The van der Waals surface area contributed by atoms with Crippen molar-refractivity contribution >= 4 is 16.6 Å². The lowest BCUT2D eigenvalue weighted by Crippen LogP contribution is -2.43. The van der Waals surface area contributed by atoms with Gasteiger partial charge in [-0.1, -0.05) is 36.4 Å². The zero-order valence-corrected chi connectivity index (χ0v) is 14.3. The summed E-state index contributed by atoms with van der Waals surface area (Å²) in [6.07, 6.45) is -4.39. The van der Waals surface area contributed by atoms with Crippen molar-refractivity contribution in [3.63, 3.8) is 0 Å². The lowest BCUT2D eigenvalue weighted by molar-refractivity contribution is -0.143. The van der Waals surface area contributed by atoms with Gasteiger partial charge in [0.2, 0.25) is 0 Å². The average Bonchev–Trinajstić information content (AvgIpc) is 3.02. The highest BCUT2D eigenvalue weighted by Gasteiger charge is 2.36. The molecular formula is C20H20F3N3. The van der Waals surface area contributed by atoms with Crippen molar-refractivity contribution in [1.82, 2.24) is 9.88 Å². The van der Waals surface area contributed by atoms with Crippen molar-refractivity contribution < 1.29 is 13.2 Å². The van der Waals surface area contributed by atoms with Gasteiger partial charge in [0.05, 0.1) is 5.52 Å². The van der Waals surface area contributed by atoms with Crippen LogP contribution in [0.3, 0.4) is 0 Å². The van der Waals surface area contributed by atoms with Crippen LogP contribution in [0.1, 0.15) is 11.3 Å². The van der Waals surface area contributed by atoms with E-state index in [0.29, 0.717) is 10.9 Å². The summed E-state index contributed by atoms with van der Waals surface area (Å²) in [7, 11) is 0. The van der Waals surface area contributed by atoms with E-state index in [4.69, 9.17) is 0 Å². The van der Waals surface area contributed by atoms with E-state index < -0.39 is 11.9 Å². The number of benzene rings is 2. The Kier molecular flexibility index (Phi) is 4.36. The normalized spacial score (nSPS) is 15.6. The zero-order chi connectivity index (χ0) is 18.1. The number of aromatic nitrogens is 1. The minimum Gasteiger partial charge on any atom is -0.368 e. The second-order valence-electron chi connectivity index (χ2n) is 6.55. The van der Waals surface area contributed by atoms with Crippen molar-refractivity contribution in [2.75, 3.05) is 31.1 Å². The van der Waals surface area contributed by atoms with Gasteiger partial charge in [-0.05, 0) is 23.8 Å². The first-order valence-electron chi connectivity index (χ1n) is 8.73. The van der Waals surface area contributed by atoms with E-state index >= 15 is 0 Å². The van der Waals surface area contributed by atoms with E-state index in [2.05, 4.69) is 10.2 Å². The molecule has 0 unspecified atom stereocenters. The Morgan fingerprint density at radius 3 is 2.35 bits per heavy atom. The van der Waals surface area contributed by atoms with Crippen LogP contribution in [-0.4, -0.2) is 30.7 Å². The highest BCUT2D eigenvalue weighted by Crippen LogP contribution is 2.38. The van der Waals surface area contributed by atoms with Gasteiger partial charge in [-0.25, -0.2) is 0 Å². The number of anilines is 1. The van der Waals surface area contributed by atoms with Crippen LogP contribution in [0.4, 0.5) is 18.9 Å². The topological polar surface area (TPSA) is 20.2 Å². The lowest BCUT2D eigenvalue weighted by atomic mass is 10.1. The monoisotopic (exact) mass is 359 g/mol. The van der Waals surface area contributed by atoms with Crippen LogP contribution in [0.2, 0.25) is 0 Å². The standard InChI is InChI=1S/C20H20F3N3/c21-20(22,23)19-13-16-17(25-11-9-24-10-12-25)7-4-8-18(16)26(19)14-15-5-2-1-3-6-15/h1-8,13,24H,9-12,14H2. The van der Waals surface area contributed by atoms with Crippen molar-refractivity contribution in [2.45, 2.75) is 12.7 Å². The van der Waals surface area contributed by atoms with Gasteiger partial charge in [0.15, 0.2) is 0 Å². The fourth-order valence-corrected chi connectivity index (χ4v) is 3.62. The zero-order valence-electron chi connectivity index (χ0n) is 14.3. The highest BCUT2D eigenvalue weighted by molar-refractivity contribution is 5.94. The summed E-state index contributed by atoms with van der Waals surface area (Å²) < 4.78 is 42.5. The molecule has 1 aromatic heterocycles. The predicted octanol–water partition coefficient (Wildman–Crippen LogP) is 4.12. The Balaban J connectivity index is 1.86. The van der Waals surface area contributed by atoms with Gasteiger partial charge in [-0.2, -0.15) is 13.2 Å². The average molecular weight is 359 g/mol. The van der Waals surface area contributed by atoms with E-state index in [-0.39, 0.29) is 6.54 Å². The predicted molar refractivity (Wildman–Crippen MR) is 97.6 cm³/mol. The molecule has 1 aliphatic heterocycles. The van der Waals surface area contributed by atoms with E-state index in [9.17, 15) is 13.2 Å². The van der Waals surface area contributed by atoms with Gasteiger partial charge in [0.25, 0.3) is 0 Å². The Bertz CT molecular complexity index is 894. The molecule has 0 radical (unpaired) electrons. The minimum absolute atomic E-state index is 0.199. The number of piperazine rings is 1. The number of hydrogen-bond donors (Lipinski definition) is 1. The molecular weight excluding hydrogens is 339 g/mol. The third-order valence-corrected chi connectivity index (χ3v) is 4.85. The molecule has 1 fully saturated rings. The SMILES string of the molecule is FC(F)(F)c1cc2c(N3CCNCC3)cccc2n1Cc1ccccc1. The first-order valence-corrected chi connectivity index (χ1v) is 8.73. The number of halogens is 3. The van der Waals surface area contributed by atoms with Crippen LogP contribution < -0.4 is 10.2 Å². The van der Waals surface area contributed by atoms with Crippen molar-refractivity contribution in [1.29, 1.82) is 0 Å². The van der Waals surface area contributed by atoms with Gasteiger partial charge in [0.1, 0.15) is 5.69 Å². The molecule has 0 spiro atoms. The summed E-state index contributed by atoms with van der Waals surface area (Å²) in [5, 5.41) is 3.94. The first-order chi connectivity index (χ1) is 12.5. The number of hydrogen-bond acceptors (Lipinski definition) is 2. The number of nitrogens with one attached hydrogen (secondary N) is 1. The smallest absolute Gasteiger partial charge is 0.368 e. The Morgan fingerprint density at radius 1 is 0.923 bits per heavy atom. The molecule has 0 amide bonds. The fourth-order valence-electron chi connectivity index (χ4n) is 3.62.